The first kappa shape index (κ1) is 22.8. The minimum Gasteiger partial charge on any atom is -0.338 e. The lowest BCUT2D eigenvalue weighted by atomic mass is 9.94. The summed E-state index contributed by atoms with van der Waals surface area (Å²) in [5.74, 6) is 0.183. The molecule has 1 atom stereocenters. The number of piperidine rings is 1. The minimum atomic E-state index is -0.442. The molecule has 0 saturated carbocycles. The SMILES string of the molecule is O=C(c1ccc(Br)cc1)N1CCC2(CC1)NC(Cc1ccccc1)C(=O)N2Cc1ccccc1. The number of nitrogens with one attached hydrogen (secondary N) is 1. The van der Waals surface area contributed by atoms with E-state index in [-0.39, 0.29) is 17.9 Å². The molecule has 1 N–H and O–H groups in total. The molecule has 0 aliphatic carbocycles. The van der Waals surface area contributed by atoms with Gasteiger partial charge in [0.05, 0.1) is 11.7 Å². The molecule has 5 rings (SSSR count). The smallest absolute Gasteiger partial charge is 0.253 e. The summed E-state index contributed by atoms with van der Waals surface area (Å²) < 4.78 is 0.955. The Balaban J connectivity index is 1.35. The first-order chi connectivity index (χ1) is 16.5. The van der Waals surface area contributed by atoms with E-state index >= 15 is 0 Å². The van der Waals surface area contributed by atoms with E-state index in [2.05, 4.69) is 45.5 Å². The second-order valence-electron chi connectivity index (χ2n) is 9.13. The normalized spacial score (nSPS) is 19.6. The fourth-order valence-electron chi connectivity index (χ4n) is 5.12. The van der Waals surface area contributed by atoms with Gasteiger partial charge in [0.25, 0.3) is 5.91 Å². The number of carbonyl (C=O) groups is 2. The molecule has 1 unspecified atom stereocenters. The zero-order chi connectivity index (χ0) is 23.5. The van der Waals surface area contributed by atoms with Crippen LogP contribution in [0.2, 0.25) is 0 Å². The summed E-state index contributed by atoms with van der Waals surface area (Å²) in [6.07, 6.45) is 2.08. The summed E-state index contributed by atoms with van der Waals surface area (Å²) in [6.45, 7) is 1.79. The highest BCUT2D eigenvalue weighted by Crippen LogP contribution is 2.35. The number of nitrogens with zero attached hydrogens (tertiary/aromatic N) is 2. The molecule has 2 fully saturated rings. The molecular formula is C28H28BrN3O2. The molecular weight excluding hydrogens is 490 g/mol. The van der Waals surface area contributed by atoms with Crippen molar-refractivity contribution in [3.63, 3.8) is 0 Å². The van der Waals surface area contributed by atoms with Gasteiger partial charge >= 0.3 is 0 Å². The van der Waals surface area contributed by atoms with Crippen molar-refractivity contribution in [2.75, 3.05) is 13.1 Å². The molecule has 0 bridgehead atoms. The molecule has 5 nitrogen and oxygen atoms in total. The molecule has 0 aromatic heterocycles. The van der Waals surface area contributed by atoms with Crippen molar-refractivity contribution in [3.05, 3.63) is 106 Å². The molecule has 3 aromatic rings. The Kier molecular flexibility index (Phi) is 6.53. The number of hydrogen-bond acceptors (Lipinski definition) is 3. The number of rotatable bonds is 5. The van der Waals surface area contributed by atoms with E-state index < -0.39 is 5.66 Å². The fourth-order valence-corrected chi connectivity index (χ4v) is 5.38. The van der Waals surface area contributed by atoms with Crippen LogP contribution in [0.1, 0.15) is 34.3 Å². The van der Waals surface area contributed by atoms with Gasteiger partial charge in [-0.25, -0.2) is 0 Å². The Morgan fingerprint density at radius 1 is 0.882 bits per heavy atom. The average Bonchev–Trinajstić information content (AvgIpc) is 3.11. The lowest BCUT2D eigenvalue weighted by Crippen LogP contribution is -2.59. The van der Waals surface area contributed by atoms with Crippen LogP contribution in [0.25, 0.3) is 0 Å². The van der Waals surface area contributed by atoms with E-state index in [0.29, 0.717) is 44.5 Å². The predicted octanol–water partition coefficient (Wildman–Crippen LogP) is 4.62. The predicted molar refractivity (Wildman–Crippen MR) is 136 cm³/mol. The van der Waals surface area contributed by atoms with Crippen molar-refractivity contribution in [1.82, 2.24) is 15.1 Å². The Labute approximate surface area is 208 Å². The third-order valence-corrected chi connectivity index (χ3v) is 7.49. The number of carbonyl (C=O) groups excluding carboxylic acids is 2. The summed E-state index contributed by atoms with van der Waals surface area (Å²) in [5.41, 5.74) is 2.51. The molecule has 174 valence electrons. The van der Waals surface area contributed by atoms with Crippen LogP contribution in [0, 0.1) is 0 Å². The van der Waals surface area contributed by atoms with Crippen molar-refractivity contribution >= 4 is 27.7 Å². The third kappa shape index (κ3) is 4.65. The number of hydrogen-bond donors (Lipinski definition) is 1. The van der Waals surface area contributed by atoms with Gasteiger partial charge in [0, 0.05) is 42.5 Å². The van der Waals surface area contributed by atoms with Gasteiger partial charge in [0.1, 0.15) is 0 Å². The van der Waals surface area contributed by atoms with Crippen molar-refractivity contribution in [2.24, 2.45) is 0 Å². The topological polar surface area (TPSA) is 52.7 Å². The number of halogens is 1. The first-order valence-corrected chi connectivity index (χ1v) is 12.6. The molecule has 34 heavy (non-hydrogen) atoms. The van der Waals surface area contributed by atoms with E-state index in [1.54, 1.807) is 0 Å². The summed E-state index contributed by atoms with van der Waals surface area (Å²) in [4.78, 5) is 30.6. The largest absolute Gasteiger partial charge is 0.338 e. The highest BCUT2D eigenvalue weighted by molar-refractivity contribution is 9.10. The van der Waals surface area contributed by atoms with Crippen LogP contribution in [-0.4, -0.2) is 46.4 Å². The van der Waals surface area contributed by atoms with Gasteiger partial charge < -0.3 is 9.80 Å². The highest BCUT2D eigenvalue weighted by atomic mass is 79.9. The third-order valence-electron chi connectivity index (χ3n) is 6.96. The zero-order valence-corrected chi connectivity index (χ0v) is 20.6. The number of benzene rings is 3. The van der Waals surface area contributed by atoms with Gasteiger partial charge in [0.2, 0.25) is 5.91 Å². The van der Waals surface area contributed by atoms with Crippen molar-refractivity contribution in [1.29, 1.82) is 0 Å². The van der Waals surface area contributed by atoms with E-state index in [1.807, 2.05) is 70.5 Å². The number of likely N-dealkylation sites (tertiary alicyclic amines) is 1. The fraction of sp³-hybridized carbons (Fsp3) is 0.286. The van der Waals surface area contributed by atoms with Crippen LogP contribution in [0.15, 0.2) is 89.4 Å². The minimum absolute atomic E-state index is 0.0436. The van der Waals surface area contributed by atoms with Gasteiger partial charge in [-0.3, -0.25) is 14.9 Å². The number of amides is 2. The molecule has 6 heteroatoms. The van der Waals surface area contributed by atoms with Crippen LogP contribution >= 0.6 is 15.9 Å². The lowest BCUT2D eigenvalue weighted by Gasteiger charge is -2.44. The Morgan fingerprint density at radius 2 is 1.47 bits per heavy atom. The monoisotopic (exact) mass is 517 g/mol. The summed E-state index contributed by atoms with van der Waals surface area (Å²) >= 11 is 3.43. The van der Waals surface area contributed by atoms with Gasteiger partial charge in [0.15, 0.2) is 0 Å². The maximum Gasteiger partial charge on any atom is 0.253 e. The van der Waals surface area contributed by atoms with Gasteiger partial charge in [-0.1, -0.05) is 76.6 Å². The van der Waals surface area contributed by atoms with Crippen molar-refractivity contribution in [2.45, 2.75) is 37.5 Å². The quantitative estimate of drug-likeness (QED) is 0.536. The summed E-state index contributed by atoms with van der Waals surface area (Å²) in [6, 6.07) is 27.5. The van der Waals surface area contributed by atoms with E-state index in [1.165, 1.54) is 0 Å². The van der Waals surface area contributed by atoms with Crippen LogP contribution in [0.5, 0.6) is 0 Å². The standard InChI is InChI=1S/C28H28BrN3O2/c29-24-13-11-23(12-14-24)26(33)31-17-15-28(16-18-31)30-25(19-21-7-3-1-4-8-21)27(34)32(28)20-22-9-5-2-6-10-22/h1-14,25,30H,15-20H2. The lowest BCUT2D eigenvalue weighted by molar-refractivity contribution is -0.134. The molecule has 3 aromatic carbocycles. The molecule has 2 aliphatic rings. The second kappa shape index (κ2) is 9.72. The molecule has 2 aliphatic heterocycles. The maximum absolute atomic E-state index is 13.6. The van der Waals surface area contributed by atoms with Gasteiger partial charge in [-0.15, -0.1) is 0 Å². The van der Waals surface area contributed by atoms with Crippen LogP contribution in [-0.2, 0) is 17.8 Å². The molecule has 2 saturated heterocycles. The Bertz CT molecular complexity index is 1140. The molecule has 1 spiro atoms. The van der Waals surface area contributed by atoms with E-state index in [4.69, 9.17) is 0 Å². The van der Waals surface area contributed by atoms with Gasteiger partial charge in [-0.05, 0) is 41.8 Å². The van der Waals surface area contributed by atoms with Crippen LogP contribution in [0.4, 0.5) is 0 Å². The zero-order valence-electron chi connectivity index (χ0n) is 19.0. The Morgan fingerprint density at radius 3 is 2.09 bits per heavy atom. The first-order valence-electron chi connectivity index (χ1n) is 11.8. The maximum atomic E-state index is 13.6. The van der Waals surface area contributed by atoms with Gasteiger partial charge in [-0.2, -0.15) is 0 Å². The molecule has 0 radical (unpaired) electrons. The second-order valence-corrected chi connectivity index (χ2v) is 10.0. The van der Waals surface area contributed by atoms with E-state index in [9.17, 15) is 9.59 Å². The average molecular weight is 518 g/mol. The highest BCUT2D eigenvalue weighted by Gasteiger charge is 2.51. The van der Waals surface area contributed by atoms with E-state index in [0.717, 1.165) is 15.6 Å². The van der Waals surface area contributed by atoms with Crippen LogP contribution < -0.4 is 5.32 Å². The Hall–Kier alpha value is -2.96. The van der Waals surface area contributed by atoms with Crippen molar-refractivity contribution in [3.8, 4) is 0 Å². The van der Waals surface area contributed by atoms with Crippen LogP contribution in [0.3, 0.4) is 0 Å². The summed E-state index contributed by atoms with van der Waals surface area (Å²) in [7, 11) is 0. The summed E-state index contributed by atoms with van der Waals surface area (Å²) in [5, 5.41) is 3.71. The molecule has 2 amide bonds. The molecule has 2 heterocycles. The van der Waals surface area contributed by atoms with Crippen molar-refractivity contribution < 1.29 is 9.59 Å².